The van der Waals surface area contributed by atoms with Crippen molar-refractivity contribution >= 4 is 29.2 Å². The molecule has 6 heteroatoms. The average Bonchev–Trinajstić information content (AvgIpc) is 3.18. The summed E-state index contributed by atoms with van der Waals surface area (Å²) in [5, 5.41) is 3.45. The van der Waals surface area contributed by atoms with Gasteiger partial charge in [-0.3, -0.25) is 9.59 Å². The third kappa shape index (κ3) is 5.24. The SMILES string of the molecule is CCOC(=O)CCc1cccc(NC(=O)c2ccc(-c3ccc(Cl)cc3)o2)c1. The zero-order valence-corrected chi connectivity index (χ0v) is 16.2. The summed E-state index contributed by atoms with van der Waals surface area (Å²) in [5.74, 6) is 0.219. The largest absolute Gasteiger partial charge is 0.466 e. The van der Waals surface area contributed by atoms with Crippen LogP contribution in [0.3, 0.4) is 0 Å². The zero-order valence-electron chi connectivity index (χ0n) is 15.4. The van der Waals surface area contributed by atoms with E-state index in [0.29, 0.717) is 35.9 Å². The molecule has 0 aliphatic carbocycles. The lowest BCUT2D eigenvalue weighted by atomic mass is 10.1. The number of carbonyl (C=O) groups excluding carboxylic acids is 2. The van der Waals surface area contributed by atoms with E-state index in [9.17, 15) is 9.59 Å². The van der Waals surface area contributed by atoms with Crippen LogP contribution in [0.1, 0.15) is 29.5 Å². The Morgan fingerprint density at radius 1 is 1.07 bits per heavy atom. The molecule has 28 heavy (non-hydrogen) atoms. The molecule has 0 spiro atoms. The number of ether oxygens (including phenoxy) is 1. The predicted octanol–water partition coefficient (Wildman–Crippen LogP) is 5.35. The van der Waals surface area contributed by atoms with Gasteiger partial charge in [0.2, 0.25) is 0 Å². The molecule has 0 saturated heterocycles. The summed E-state index contributed by atoms with van der Waals surface area (Å²) in [5.41, 5.74) is 2.41. The van der Waals surface area contributed by atoms with Crippen LogP contribution in [0.2, 0.25) is 5.02 Å². The van der Waals surface area contributed by atoms with Crippen molar-refractivity contribution in [2.24, 2.45) is 0 Å². The summed E-state index contributed by atoms with van der Waals surface area (Å²) >= 11 is 5.89. The molecule has 1 amide bonds. The van der Waals surface area contributed by atoms with Crippen molar-refractivity contribution in [2.45, 2.75) is 19.8 Å². The minimum absolute atomic E-state index is 0.210. The lowest BCUT2D eigenvalue weighted by molar-refractivity contribution is -0.143. The molecule has 1 N–H and O–H groups in total. The monoisotopic (exact) mass is 397 g/mol. The van der Waals surface area contributed by atoms with Crippen molar-refractivity contribution in [1.82, 2.24) is 0 Å². The smallest absolute Gasteiger partial charge is 0.306 e. The molecule has 3 rings (SSSR count). The Morgan fingerprint density at radius 2 is 1.86 bits per heavy atom. The number of nitrogens with one attached hydrogen (secondary N) is 1. The number of aryl methyl sites for hydroxylation is 1. The van der Waals surface area contributed by atoms with Crippen LogP contribution in [0.15, 0.2) is 65.1 Å². The lowest BCUT2D eigenvalue weighted by Gasteiger charge is -2.07. The number of amides is 1. The Kier molecular flexibility index (Phi) is 6.50. The lowest BCUT2D eigenvalue weighted by Crippen LogP contribution is -2.11. The Hall–Kier alpha value is -3.05. The van der Waals surface area contributed by atoms with Crippen molar-refractivity contribution < 1.29 is 18.7 Å². The Morgan fingerprint density at radius 3 is 2.61 bits per heavy atom. The standard InChI is InChI=1S/C22H20ClNO4/c1-2-27-21(25)13-6-15-4-3-5-18(14-15)24-22(26)20-12-11-19(28-20)16-7-9-17(23)10-8-16/h3-5,7-12,14H,2,6,13H2,1H3,(H,24,26). The van der Waals surface area contributed by atoms with Gasteiger partial charge in [0.15, 0.2) is 5.76 Å². The van der Waals surface area contributed by atoms with E-state index in [2.05, 4.69) is 5.32 Å². The van der Waals surface area contributed by atoms with E-state index in [1.165, 1.54) is 0 Å². The fourth-order valence-electron chi connectivity index (χ4n) is 2.71. The van der Waals surface area contributed by atoms with E-state index in [-0.39, 0.29) is 17.6 Å². The van der Waals surface area contributed by atoms with E-state index in [1.807, 2.05) is 30.3 Å². The summed E-state index contributed by atoms with van der Waals surface area (Å²) in [4.78, 5) is 24.0. The summed E-state index contributed by atoms with van der Waals surface area (Å²) in [6.07, 6.45) is 0.845. The maximum atomic E-state index is 12.5. The van der Waals surface area contributed by atoms with Gasteiger partial charge in [-0.25, -0.2) is 0 Å². The maximum Gasteiger partial charge on any atom is 0.306 e. The van der Waals surface area contributed by atoms with Crippen LogP contribution in [0.5, 0.6) is 0 Å². The van der Waals surface area contributed by atoms with Gasteiger partial charge in [0.1, 0.15) is 5.76 Å². The number of hydrogen-bond acceptors (Lipinski definition) is 4. The maximum absolute atomic E-state index is 12.5. The van der Waals surface area contributed by atoms with E-state index in [0.717, 1.165) is 11.1 Å². The molecule has 0 aliphatic heterocycles. The number of carbonyl (C=O) groups is 2. The van der Waals surface area contributed by atoms with E-state index in [1.54, 1.807) is 37.3 Å². The van der Waals surface area contributed by atoms with Crippen molar-refractivity contribution in [3.05, 3.63) is 77.0 Å². The first-order chi connectivity index (χ1) is 13.5. The molecule has 0 saturated carbocycles. The molecule has 2 aromatic carbocycles. The first kappa shape index (κ1) is 19.7. The fraction of sp³-hybridized carbons (Fsp3) is 0.182. The molecule has 0 fully saturated rings. The van der Waals surface area contributed by atoms with Gasteiger partial charge < -0.3 is 14.5 Å². The van der Waals surface area contributed by atoms with Crippen LogP contribution < -0.4 is 5.32 Å². The van der Waals surface area contributed by atoms with E-state index < -0.39 is 0 Å². The second kappa shape index (κ2) is 9.24. The van der Waals surface area contributed by atoms with Crippen LogP contribution >= 0.6 is 11.6 Å². The Bertz CT molecular complexity index is 963. The highest BCUT2D eigenvalue weighted by atomic mass is 35.5. The third-order valence-corrected chi connectivity index (χ3v) is 4.32. The van der Waals surface area contributed by atoms with Gasteiger partial charge in [-0.05, 0) is 67.4 Å². The number of hydrogen-bond donors (Lipinski definition) is 1. The van der Waals surface area contributed by atoms with Gasteiger partial charge >= 0.3 is 5.97 Å². The summed E-state index contributed by atoms with van der Waals surface area (Å²) in [7, 11) is 0. The summed E-state index contributed by atoms with van der Waals surface area (Å²) in [6.45, 7) is 2.15. The Balaban J connectivity index is 1.64. The predicted molar refractivity (Wildman–Crippen MR) is 109 cm³/mol. The highest BCUT2D eigenvalue weighted by molar-refractivity contribution is 6.30. The number of anilines is 1. The number of halogens is 1. The topological polar surface area (TPSA) is 68.5 Å². The molecule has 144 valence electrons. The molecule has 1 heterocycles. The average molecular weight is 398 g/mol. The molecule has 0 unspecified atom stereocenters. The number of benzene rings is 2. The number of rotatable bonds is 7. The second-order valence-electron chi connectivity index (χ2n) is 6.13. The summed E-state index contributed by atoms with van der Waals surface area (Å²) < 4.78 is 10.6. The van der Waals surface area contributed by atoms with Gasteiger partial charge in [-0.1, -0.05) is 23.7 Å². The minimum Gasteiger partial charge on any atom is -0.466 e. The van der Waals surface area contributed by atoms with Crippen LogP contribution in [0, 0.1) is 0 Å². The van der Waals surface area contributed by atoms with Gasteiger partial charge in [0.05, 0.1) is 6.61 Å². The minimum atomic E-state index is -0.345. The molecular weight excluding hydrogens is 378 g/mol. The highest BCUT2D eigenvalue weighted by Gasteiger charge is 2.13. The molecule has 0 aliphatic rings. The van der Waals surface area contributed by atoms with E-state index in [4.69, 9.17) is 20.8 Å². The zero-order chi connectivity index (χ0) is 19.9. The van der Waals surface area contributed by atoms with Gasteiger partial charge in [0.25, 0.3) is 5.91 Å². The first-order valence-corrected chi connectivity index (χ1v) is 9.34. The van der Waals surface area contributed by atoms with Crippen molar-refractivity contribution in [2.75, 3.05) is 11.9 Å². The van der Waals surface area contributed by atoms with Crippen molar-refractivity contribution in [1.29, 1.82) is 0 Å². The van der Waals surface area contributed by atoms with Gasteiger partial charge in [-0.2, -0.15) is 0 Å². The normalized spacial score (nSPS) is 10.5. The molecular formula is C22H20ClNO4. The van der Waals surface area contributed by atoms with Crippen molar-refractivity contribution in [3.8, 4) is 11.3 Å². The van der Waals surface area contributed by atoms with Crippen molar-refractivity contribution in [3.63, 3.8) is 0 Å². The molecule has 0 atom stereocenters. The summed E-state index contributed by atoms with van der Waals surface area (Å²) in [6, 6.07) is 17.9. The molecule has 0 bridgehead atoms. The van der Waals surface area contributed by atoms with E-state index >= 15 is 0 Å². The molecule has 5 nitrogen and oxygen atoms in total. The van der Waals surface area contributed by atoms with Crippen LogP contribution in [0.4, 0.5) is 5.69 Å². The first-order valence-electron chi connectivity index (χ1n) is 8.97. The highest BCUT2D eigenvalue weighted by Crippen LogP contribution is 2.24. The van der Waals surface area contributed by atoms with Gasteiger partial charge in [-0.15, -0.1) is 0 Å². The number of furan rings is 1. The van der Waals surface area contributed by atoms with Crippen LogP contribution in [-0.4, -0.2) is 18.5 Å². The quantitative estimate of drug-likeness (QED) is 0.546. The third-order valence-electron chi connectivity index (χ3n) is 4.07. The Labute approximate surface area is 168 Å². The number of esters is 1. The second-order valence-corrected chi connectivity index (χ2v) is 6.57. The molecule has 1 aromatic heterocycles. The van der Waals surface area contributed by atoms with Gasteiger partial charge in [0, 0.05) is 22.7 Å². The fourth-order valence-corrected chi connectivity index (χ4v) is 2.83. The van der Waals surface area contributed by atoms with Crippen LogP contribution in [0.25, 0.3) is 11.3 Å². The molecule has 3 aromatic rings. The van der Waals surface area contributed by atoms with Crippen LogP contribution in [-0.2, 0) is 16.0 Å². The molecule has 0 radical (unpaired) electrons.